The molecule has 84 valence electrons. The number of hydrogen-bond donors (Lipinski definition) is 1. The highest BCUT2D eigenvalue weighted by Crippen LogP contribution is 2.41. The minimum absolute atomic E-state index is 0.0203. The van der Waals surface area contributed by atoms with Crippen molar-refractivity contribution >= 4 is 27.3 Å². The van der Waals surface area contributed by atoms with E-state index in [4.69, 9.17) is 10.5 Å². The van der Waals surface area contributed by atoms with Crippen molar-refractivity contribution in [2.75, 3.05) is 6.61 Å². The summed E-state index contributed by atoms with van der Waals surface area (Å²) in [4.78, 5) is 2.49. The van der Waals surface area contributed by atoms with Crippen LogP contribution >= 0.6 is 27.3 Å². The second-order valence-electron chi connectivity index (χ2n) is 4.31. The molecule has 1 fully saturated rings. The molecule has 1 aliphatic heterocycles. The molecule has 0 radical (unpaired) electrons. The number of thiophene rings is 1. The molecule has 15 heavy (non-hydrogen) atoms. The van der Waals surface area contributed by atoms with Gasteiger partial charge in [-0.3, -0.25) is 0 Å². The lowest BCUT2D eigenvalue weighted by Gasteiger charge is -2.30. The van der Waals surface area contributed by atoms with Gasteiger partial charge in [-0.25, -0.2) is 0 Å². The summed E-state index contributed by atoms with van der Waals surface area (Å²) in [5, 5.41) is 0. The summed E-state index contributed by atoms with van der Waals surface area (Å²) >= 11 is 5.32. The molecule has 0 aliphatic carbocycles. The fourth-order valence-corrected chi connectivity index (χ4v) is 4.08. The Morgan fingerprint density at radius 3 is 2.87 bits per heavy atom. The topological polar surface area (TPSA) is 35.2 Å². The second-order valence-corrected chi connectivity index (χ2v) is 6.45. The maximum Gasteiger partial charge on any atom is 0.0855 e. The summed E-state index contributed by atoms with van der Waals surface area (Å²) in [6.07, 6.45) is 2.17. The van der Waals surface area contributed by atoms with Gasteiger partial charge in [0.1, 0.15) is 0 Å². The van der Waals surface area contributed by atoms with Crippen molar-refractivity contribution in [1.29, 1.82) is 0 Å². The minimum atomic E-state index is -0.181. The zero-order valence-electron chi connectivity index (χ0n) is 9.05. The Bertz CT molecular complexity index is 357. The lowest BCUT2D eigenvalue weighted by Crippen LogP contribution is -2.37. The largest absolute Gasteiger partial charge is 0.373 e. The highest BCUT2D eigenvalue weighted by atomic mass is 79.9. The van der Waals surface area contributed by atoms with E-state index < -0.39 is 0 Å². The van der Waals surface area contributed by atoms with Crippen molar-refractivity contribution in [3.63, 3.8) is 0 Å². The van der Waals surface area contributed by atoms with E-state index >= 15 is 0 Å². The van der Waals surface area contributed by atoms with Crippen LogP contribution in [0.15, 0.2) is 10.5 Å². The van der Waals surface area contributed by atoms with E-state index in [1.165, 1.54) is 9.75 Å². The van der Waals surface area contributed by atoms with Gasteiger partial charge in [0.05, 0.1) is 11.6 Å². The van der Waals surface area contributed by atoms with Gasteiger partial charge in [-0.2, -0.15) is 0 Å². The maximum absolute atomic E-state index is 6.30. The molecule has 2 nitrogen and oxygen atoms in total. The van der Waals surface area contributed by atoms with Crippen molar-refractivity contribution in [1.82, 2.24) is 0 Å². The molecule has 0 aromatic carbocycles. The van der Waals surface area contributed by atoms with Crippen molar-refractivity contribution in [3.05, 3.63) is 20.3 Å². The number of halogens is 1. The molecule has 2 N–H and O–H groups in total. The molecule has 1 aromatic rings. The molecule has 1 aliphatic rings. The van der Waals surface area contributed by atoms with Gasteiger partial charge in [0, 0.05) is 20.8 Å². The maximum atomic E-state index is 6.30. The van der Waals surface area contributed by atoms with Gasteiger partial charge >= 0.3 is 0 Å². The molecule has 1 aromatic heterocycles. The highest BCUT2D eigenvalue weighted by molar-refractivity contribution is 9.10. The summed E-state index contributed by atoms with van der Waals surface area (Å²) in [5.74, 6) is 0. The minimum Gasteiger partial charge on any atom is -0.373 e. The van der Waals surface area contributed by atoms with E-state index in [1.807, 2.05) is 0 Å². The summed E-state index contributed by atoms with van der Waals surface area (Å²) in [6.45, 7) is 5.06. The van der Waals surface area contributed by atoms with Crippen LogP contribution in [0.4, 0.5) is 0 Å². The molecule has 1 saturated heterocycles. The molecular weight excluding hydrogens is 274 g/mol. The SMILES string of the molecule is Cc1cc(Br)c(C(N)C2(C)CCCO2)s1. The molecule has 2 rings (SSSR count). The average Bonchev–Trinajstić information content (AvgIpc) is 2.73. The molecule has 2 unspecified atom stereocenters. The van der Waals surface area contributed by atoms with Crippen molar-refractivity contribution in [2.45, 2.75) is 38.3 Å². The number of rotatable bonds is 2. The Hall–Kier alpha value is 0.1000. The van der Waals surface area contributed by atoms with Crippen LogP contribution in [0.5, 0.6) is 0 Å². The average molecular weight is 290 g/mol. The Morgan fingerprint density at radius 1 is 1.67 bits per heavy atom. The van der Waals surface area contributed by atoms with E-state index in [2.05, 4.69) is 35.8 Å². The summed E-state index contributed by atoms with van der Waals surface area (Å²) < 4.78 is 6.90. The van der Waals surface area contributed by atoms with Crippen LogP contribution in [0.25, 0.3) is 0 Å². The lowest BCUT2D eigenvalue weighted by atomic mass is 9.93. The van der Waals surface area contributed by atoms with Gasteiger partial charge in [-0.05, 0) is 48.7 Å². The Kier molecular flexibility index (Phi) is 3.22. The van der Waals surface area contributed by atoms with Crippen LogP contribution in [0.3, 0.4) is 0 Å². The normalized spacial score (nSPS) is 28.3. The Morgan fingerprint density at radius 2 is 2.40 bits per heavy atom. The third-order valence-corrected chi connectivity index (χ3v) is 5.08. The van der Waals surface area contributed by atoms with Gasteiger partial charge in [-0.15, -0.1) is 11.3 Å². The number of hydrogen-bond acceptors (Lipinski definition) is 3. The highest BCUT2D eigenvalue weighted by Gasteiger charge is 2.38. The van der Waals surface area contributed by atoms with Gasteiger partial charge in [-0.1, -0.05) is 0 Å². The number of nitrogens with two attached hydrogens (primary N) is 1. The van der Waals surface area contributed by atoms with E-state index in [0.717, 1.165) is 23.9 Å². The zero-order valence-corrected chi connectivity index (χ0v) is 11.5. The predicted octanol–water partition coefficient (Wildman–Crippen LogP) is 3.39. The number of aryl methyl sites for hydroxylation is 1. The molecule has 0 saturated carbocycles. The van der Waals surface area contributed by atoms with E-state index in [1.54, 1.807) is 11.3 Å². The van der Waals surface area contributed by atoms with Crippen LogP contribution < -0.4 is 5.73 Å². The molecule has 0 spiro atoms. The van der Waals surface area contributed by atoms with E-state index in [0.29, 0.717) is 0 Å². The molecule has 0 amide bonds. The summed E-state index contributed by atoms with van der Waals surface area (Å²) in [5.41, 5.74) is 6.12. The monoisotopic (exact) mass is 289 g/mol. The first-order chi connectivity index (χ1) is 7.03. The van der Waals surface area contributed by atoms with E-state index in [-0.39, 0.29) is 11.6 Å². The Labute approximate surface area is 103 Å². The van der Waals surface area contributed by atoms with Crippen LogP contribution in [-0.2, 0) is 4.74 Å². The second kappa shape index (κ2) is 4.17. The predicted molar refractivity (Wildman–Crippen MR) is 67.3 cm³/mol. The summed E-state index contributed by atoms with van der Waals surface area (Å²) in [6, 6.07) is 2.10. The first-order valence-corrected chi connectivity index (χ1v) is 6.79. The molecule has 2 atom stereocenters. The zero-order chi connectivity index (χ0) is 11.1. The molecule has 0 bridgehead atoms. The first kappa shape index (κ1) is 11.6. The smallest absolute Gasteiger partial charge is 0.0855 e. The fraction of sp³-hybridized carbons (Fsp3) is 0.636. The number of ether oxygens (including phenoxy) is 1. The first-order valence-electron chi connectivity index (χ1n) is 5.18. The fourth-order valence-electron chi connectivity index (χ4n) is 2.04. The Balaban J connectivity index is 2.27. The van der Waals surface area contributed by atoms with Gasteiger partial charge in [0.15, 0.2) is 0 Å². The van der Waals surface area contributed by atoms with Gasteiger partial charge in [0.2, 0.25) is 0 Å². The van der Waals surface area contributed by atoms with Crippen LogP contribution in [0, 0.1) is 6.92 Å². The standard InChI is InChI=1S/C11H16BrNOS/c1-7-6-8(12)9(15-7)10(13)11(2)4-3-5-14-11/h6,10H,3-5,13H2,1-2H3. The summed E-state index contributed by atoms with van der Waals surface area (Å²) in [7, 11) is 0. The molecule has 2 heterocycles. The van der Waals surface area contributed by atoms with Crippen LogP contribution in [0.2, 0.25) is 0 Å². The molecule has 4 heteroatoms. The van der Waals surface area contributed by atoms with E-state index in [9.17, 15) is 0 Å². The molecular formula is C11H16BrNOS. The van der Waals surface area contributed by atoms with Crippen molar-refractivity contribution < 1.29 is 4.74 Å². The quantitative estimate of drug-likeness (QED) is 0.906. The van der Waals surface area contributed by atoms with Crippen molar-refractivity contribution in [3.8, 4) is 0 Å². The van der Waals surface area contributed by atoms with Gasteiger partial charge in [0.25, 0.3) is 0 Å². The van der Waals surface area contributed by atoms with Crippen molar-refractivity contribution in [2.24, 2.45) is 5.73 Å². The van der Waals surface area contributed by atoms with Gasteiger partial charge < -0.3 is 10.5 Å². The third-order valence-electron chi connectivity index (χ3n) is 3.03. The lowest BCUT2D eigenvalue weighted by molar-refractivity contribution is -0.00102. The van der Waals surface area contributed by atoms with Crippen LogP contribution in [0.1, 0.15) is 35.6 Å². The third kappa shape index (κ3) is 2.13. The van der Waals surface area contributed by atoms with Crippen LogP contribution in [-0.4, -0.2) is 12.2 Å².